The van der Waals surface area contributed by atoms with E-state index in [1.165, 1.54) is 26.8 Å². The van der Waals surface area contributed by atoms with Gasteiger partial charge in [0.2, 0.25) is 11.5 Å². The molecule has 0 saturated carbocycles. The van der Waals surface area contributed by atoms with Crippen molar-refractivity contribution in [1.29, 1.82) is 0 Å². The maximum Gasteiger partial charge on any atom is 0.351 e. The molecule has 2 rings (SSSR count). The molecule has 1 aromatic heterocycles. The third kappa shape index (κ3) is 4.59. The van der Waals surface area contributed by atoms with Gasteiger partial charge in [0.1, 0.15) is 18.5 Å². The van der Waals surface area contributed by atoms with Gasteiger partial charge in [0.25, 0.3) is 0 Å². The van der Waals surface area contributed by atoms with Crippen LogP contribution in [0.2, 0.25) is 0 Å². The minimum atomic E-state index is -2.88. The van der Waals surface area contributed by atoms with Gasteiger partial charge in [-0.05, 0) is 6.07 Å². The molecule has 2 heterocycles. The number of hydrogen-bond donors (Lipinski definition) is 3. The van der Waals surface area contributed by atoms with E-state index < -0.39 is 59.3 Å². The highest BCUT2D eigenvalue weighted by Gasteiger charge is 2.73. The maximum absolute atomic E-state index is 12.9. The van der Waals surface area contributed by atoms with Crippen LogP contribution in [0.5, 0.6) is 0 Å². The molecule has 1 amide bonds. The van der Waals surface area contributed by atoms with Gasteiger partial charge in [-0.25, -0.2) is 4.79 Å². The van der Waals surface area contributed by atoms with Crippen LogP contribution in [0.25, 0.3) is 0 Å². The Morgan fingerprint density at radius 3 is 2.18 bits per heavy atom. The van der Waals surface area contributed by atoms with Gasteiger partial charge < -0.3 is 25.0 Å². The number of ether oxygens (including phenoxy) is 2. The van der Waals surface area contributed by atoms with Crippen LogP contribution in [0.15, 0.2) is 17.1 Å². The fourth-order valence-corrected chi connectivity index (χ4v) is 3.66. The second kappa shape index (κ2) is 10.3. The van der Waals surface area contributed by atoms with Crippen LogP contribution in [0.1, 0.15) is 59.6 Å². The number of aliphatic hydroxyl groups is 2. The Kier molecular flexibility index (Phi) is 8.22. The SMILES string of the molecule is CCC(=O)Nc1ccn([C@@H]2O[C@H](COC(=O)CC)[C@](O)(C(=O)CC)[C@]2(O)C(=O)CC)c(=O)n1. The fourth-order valence-electron chi connectivity index (χ4n) is 3.66. The van der Waals surface area contributed by atoms with Crippen LogP contribution in [0, 0.1) is 0 Å². The number of amides is 1. The Hall–Kier alpha value is -2.96. The number of hydrogen-bond acceptors (Lipinski definition) is 10. The molecule has 12 heteroatoms. The standard InChI is InChI=1S/C21H29N3O9/c1-5-12(25)20(30)14(11-32-17(28)8-4)33-18(21(20,31)13(26)6-2)24-10-9-15(23-19(24)29)22-16(27)7-3/h9-10,14,18,30-31H,5-8,11H2,1-4H3,(H,22,23,27,29)/t14-,18-,20-,21+/m1/s1. The van der Waals surface area contributed by atoms with Crippen molar-refractivity contribution < 1.29 is 38.9 Å². The summed E-state index contributed by atoms with van der Waals surface area (Å²) in [7, 11) is 0. The molecule has 0 unspecified atom stereocenters. The first-order chi connectivity index (χ1) is 15.5. The number of rotatable bonds is 10. The van der Waals surface area contributed by atoms with Crippen LogP contribution in [0.3, 0.4) is 0 Å². The van der Waals surface area contributed by atoms with Crippen molar-refractivity contribution in [3.05, 3.63) is 22.7 Å². The van der Waals surface area contributed by atoms with Crippen molar-refractivity contribution in [3.8, 4) is 0 Å². The van der Waals surface area contributed by atoms with E-state index in [2.05, 4.69) is 10.3 Å². The van der Waals surface area contributed by atoms with E-state index in [0.717, 1.165) is 10.8 Å². The second-order valence-electron chi connectivity index (χ2n) is 7.50. The van der Waals surface area contributed by atoms with Gasteiger partial charge in [-0.1, -0.05) is 27.7 Å². The van der Waals surface area contributed by atoms with Crippen molar-refractivity contribution in [1.82, 2.24) is 9.55 Å². The van der Waals surface area contributed by atoms with Gasteiger partial charge >= 0.3 is 11.7 Å². The average molecular weight is 467 g/mol. The number of anilines is 1. The Labute approximate surface area is 189 Å². The molecule has 182 valence electrons. The normalized spacial score (nSPS) is 26.6. The minimum Gasteiger partial charge on any atom is -0.463 e. The summed E-state index contributed by atoms with van der Waals surface area (Å²) in [6, 6.07) is 1.24. The van der Waals surface area contributed by atoms with Gasteiger partial charge in [-0.15, -0.1) is 0 Å². The van der Waals surface area contributed by atoms with Gasteiger partial charge in [0.15, 0.2) is 23.4 Å². The summed E-state index contributed by atoms with van der Waals surface area (Å²) in [6.07, 6.45) is -2.82. The smallest absolute Gasteiger partial charge is 0.351 e. The first-order valence-electron chi connectivity index (χ1n) is 10.7. The average Bonchev–Trinajstić information content (AvgIpc) is 3.04. The Bertz CT molecular complexity index is 991. The summed E-state index contributed by atoms with van der Waals surface area (Å²) in [5, 5.41) is 25.3. The minimum absolute atomic E-state index is 0.00276. The molecule has 0 aromatic carbocycles. The zero-order valence-electron chi connectivity index (χ0n) is 19.0. The van der Waals surface area contributed by atoms with Crippen molar-refractivity contribution in [2.75, 3.05) is 11.9 Å². The van der Waals surface area contributed by atoms with Gasteiger partial charge in [0, 0.05) is 31.9 Å². The highest BCUT2D eigenvalue weighted by Crippen LogP contribution is 2.47. The molecule has 0 spiro atoms. The van der Waals surface area contributed by atoms with Crippen molar-refractivity contribution in [3.63, 3.8) is 0 Å². The summed E-state index contributed by atoms with van der Waals surface area (Å²) in [5.41, 5.74) is -6.70. The molecule has 0 aliphatic carbocycles. The number of esters is 1. The van der Waals surface area contributed by atoms with Crippen LogP contribution in [-0.2, 0) is 28.7 Å². The summed E-state index contributed by atoms with van der Waals surface area (Å²) < 4.78 is 11.4. The molecule has 1 aliphatic heterocycles. The molecule has 1 aromatic rings. The molecule has 0 bridgehead atoms. The monoisotopic (exact) mass is 467 g/mol. The number of nitrogens with one attached hydrogen (secondary N) is 1. The summed E-state index contributed by atoms with van der Waals surface area (Å²) in [6.45, 7) is 5.32. The molecule has 0 radical (unpaired) electrons. The number of Topliss-reactive ketones (excluding diaryl/α,β-unsaturated/α-hetero) is 2. The third-order valence-corrected chi connectivity index (χ3v) is 5.55. The molecular formula is C21H29N3O9. The van der Waals surface area contributed by atoms with Crippen LogP contribution >= 0.6 is 0 Å². The fraction of sp³-hybridized carbons (Fsp3) is 0.619. The van der Waals surface area contributed by atoms with E-state index in [-0.39, 0.29) is 31.5 Å². The molecule has 33 heavy (non-hydrogen) atoms. The molecule has 12 nitrogen and oxygen atoms in total. The second-order valence-corrected chi connectivity index (χ2v) is 7.50. The zero-order chi connectivity index (χ0) is 25.0. The molecule has 3 N–H and O–H groups in total. The number of nitrogens with zero attached hydrogens (tertiary/aromatic N) is 2. The summed E-state index contributed by atoms with van der Waals surface area (Å²) in [4.78, 5) is 65.4. The zero-order valence-corrected chi connectivity index (χ0v) is 19.0. The van der Waals surface area contributed by atoms with Gasteiger partial charge in [-0.3, -0.25) is 23.7 Å². The van der Waals surface area contributed by atoms with E-state index in [1.54, 1.807) is 6.92 Å². The number of aromatic nitrogens is 2. The molecule has 4 atom stereocenters. The van der Waals surface area contributed by atoms with E-state index >= 15 is 0 Å². The number of ketones is 2. The van der Waals surface area contributed by atoms with E-state index in [0.29, 0.717) is 0 Å². The first kappa shape index (κ1) is 26.3. The van der Waals surface area contributed by atoms with Gasteiger partial charge in [-0.2, -0.15) is 4.98 Å². The highest BCUT2D eigenvalue weighted by molar-refractivity contribution is 6.00. The first-order valence-corrected chi connectivity index (χ1v) is 10.7. The molecule has 1 saturated heterocycles. The van der Waals surface area contributed by atoms with Crippen molar-refractivity contribution >= 4 is 29.3 Å². The lowest BCUT2D eigenvalue weighted by molar-refractivity contribution is -0.185. The van der Waals surface area contributed by atoms with Gasteiger partial charge in [0.05, 0.1) is 0 Å². The topological polar surface area (TPSA) is 174 Å². The lowest BCUT2D eigenvalue weighted by atomic mass is 9.73. The highest BCUT2D eigenvalue weighted by atomic mass is 16.6. The Balaban J connectivity index is 2.62. The quantitative estimate of drug-likeness (QED) is 0.393. The maximum atomic E-state index is 12.9. The van der Waals surface area contributed by atoms with Crippen molar-refractivity contribution in [2.24, 2.45) is 0 Å². The molecule has 1 fully saturated rings. The van der Waals surface area contributed by atoms with E-state index in [1.807, 2.05) is 0 Å². The van der Waals surface area contributed by atoms with Crippen LogP contribution < -0.4 is 11.0 Å². The third-order valence-electron chi connectivity index (χ3n) is 5.55. The predicted molar refractivity (Wildman–Crippen MR) is 113 cm³/mol. The largest absolute Gasteiger partial charge is 0.463 e. The lowest BCUT2D eigenvalue weighted by Gasteiger charge is -2.38. The number of carbonyl (C=O) groups excluding carboxylic acids is 4. The summed E-state index contributed by atoms with van der Waals surface area (Å²) >= 11 is 0. The molecule has 1 aliphatic rings. The predicted octanol–water partition coefficient (Wildman–Crippen LogP) is -0.137. The Morgan fingerprint density at radius 2 is 1.67 bits per heavy atom. The van der Waals surface area contributed by atoms with E-state index in [9.17, 15) is 34.2 Å². The van der Waals surface area contributed by atoms with Crippen molar-refractivity contribution in [2.45, 2.75) is 76.9 Å². The lowest BCUT2D eigenvalue weighted by Crippen LogP contribution is -2.67. The summed E-state index contributed by atoms with van der Waals surface area (Å²) in [5.74, 6) is -3.01. The van der Waals surface area contributed by atoms with Crippen LogP contribution in [0.4, 0.5) is 5.82 Å². The van der Waals surface area contributed by atoms with E-state index in [4.69, 9.17) is 9.47 Å². The van der Waals surface area contributed by atoms with Crippen LogP contribution in [-0.4, -0.2) is 67.1 Å². The Morgan fingerprint density at radius 1 is 1.06 bits per heavy atom. The number of carbonyl (C=O) groups is 4. The molecular weight excluding hydrogens is 438 g/mol.